The highest BCUT2D eigenvalue weighted by atomic mass is 16.3. The van der Waals surface area contributed by atoms with E-state index in [0.717, 1.165) is 6.39 Å². The first-order valence-electron chi connectivity index (χ1n) is 19.1. The van der Waals surface area contributed by atoms with Crippen LogP contribution in [0.5, 0.6) is 0 Å². The molecular weight excluding hydrogens is 855 g/mol. The van der Waals surface area contributed by atoms with E-state index in [2.05, 4.69) is 35.1 Å². The molecular formula is C47H29N7O12. The van der Waals surface area contributed by atoms with Gasteiger partial charge in [0.15, 0.2) is 44.8 Å². The molecule has 1 aromatic carbocycles. The Bertz CT molecular complexity index is 3230. The number of aromatic nitrogens is 7. The van der Waals surface area contributed by atoms with Crippen LogP contribution in [0.1, 0.15) is 0 Å². The van der Waals surface area contributed by atoms with E-state index in [-0.39, 0.29) is 38.4 Å². The fourth-order valence-corrected chi connectivity index (χ4v) is 5.50. The Kier molecular flexibility index (Phi) is 14.5. The fourth-order valence-electron chi connectivity index (χ4n) is 5.50. The van der Waals surface area contributed by atoms with E-state index < -0.39 is 0 Å². The van der Waals surface area contributed by atoms with Crippen LogP contribution in [-0.4, -0.2) is 35.1 Å². The molecule has 0 aliphatic carbocycles. The third-order valence-corrected chi connectivity index (χ3v) is 8.60. The van der Waals surface area contributed by atoms with E-state index in [0.29, 0.717) is 60.5 Å². The molecule has 12 aromatic rings. The summed E-state index contributed by atoms with van der Waals surface area (Å²) >= 11 is 0. The van der Waals surface area contributed by atoms with Crippen LogP contribution in [-0.2, 0) is 0 Å². The van der Waals surface area contributed by atoms with Crippen molar-refractivity contribution < 1.29 is 26.5 Å². The van der Waals surface area contributed by atoms with Gasteiger partial charge < -0.3 is 26.5 Å². The summed E-state index contributed by atoms with van der Waals surface area (Å²) in [5.74, 6) is 0. The van der Waals surface area contributed by atoms with Crippen LogP contribution in [0.15, 0.2) is 233 Å². The van der Waals surface area contributed by atoms with Crippen LogP contribution < -0.4 is 32.7 Å². The number of para-hydroxylation sites is 1. The Labute approximate surface area is 366 Å². The molecule has 0 N–H and O–H groups in total. The number of rotatable bonds is 0. The first-order valence-corrected chi connectivity index (χ1v) is 19.1. The van der Waals surface area contributed by atoms with Crippen LogP contribution in [0.25, 0.3) is 66.2 Å². The van der Waals surface area contributed by atoms with Gasteiger partial charge in [0.25, 0.3) is 5.56 Å². The van der Waals surface area contributed by atoms with Crippen LogP contribution in [0.4, 0.5) is 0 Å². The highest BCUT2D eigenvalue weighted by molar-refractivity contribution is 5.76. The van der Waals surface area contributed by atoms with Crippen LogP contribution in [0, 0.1) is 0 Å². The molecule has 0 saturated carbocycles. The Hall–Kier alpha value is -9.91. The predicted octanol–water partition coefficient (Wildman–Crippen LogP) is 6.52. The lowest BCUT2D eigenvalue weighted by molar-refractivity contribution is 0.576. The molecule has 19 nitrogen and oxygen atoms in total. The first-order chi connectivity index (χ1) is 32.3. The Morgan fingerprint density at radius 3 is 1.61 bits per heavy atom. The SMILES string of the molecule is O=c1ccoc2cccnc12.O=c1ccoc2ccncc12.O=c1ccoc2cnccc12.O=c1ccoc2ncccc12.O=c1ccoc2nnccc12.O=c1ncoc2ccccc12. The summed E-state index contributed by atoms with van der Waals surface area (Å²) in [6.45, 7) is 0. The van der Waals surface area contributed by atoms with Gasteiger partial charge in [-0.2, -0.15) is 10.1 Å². The molecule has 0 spiro atoms. The number of fused-ring (bicyclic) bond motifs is 6. The number of nitrogens with zero attached hydrogens (tertiary/aromatic N) is 7. The second-order valence-electron chi connectivity index (χ2n) is 12.8. The molecule has 0 atom stereocenters. The van der Waals surface area contributed by atoms with Crippen molar-refractivity contribution in [3.63, 3.8) is 0 Å². The van der Waals surface area contributed by atoms with E-state index in [1.807, 2.05) is 6.07 Å². The van der Waals surface area contributed by atoms with E-state index in [1.165, 1.54) is 80.2 Å². The smallest absolute Gasteiger partial charge is 0.283 e. The lowest BCUT2D eigenvalue weighted by Gasteiger charge is -1.90. The summed E-state index contributed by atoms with van der Waals surface area (Å²) in [6.07, 6.45) is 18.7. The maximum atomic E-state index is 11.1. The van der Waals surface area contributed by atoms with Gasteiger partial charge in [0.2, 0.25) is 16.9 Å². The van der Waals surface area contributed by atoms with Crippen molar-refractivity contribution in [3.05, 3.63) is 240 Å². The standard InChI is InChI=1S/5C8H5NO2.C7H4N2O2/c10-7-2-4-11-8-1-3-9-5-6(7)8;10-7-2-4-11-8-5-9-3-1-6(7)8;10-6-3-5-11-7-2-1-4-9-8(6)7;10-7-3-5-11-8-6(7)2-1-4-9-8;10-8-6-3-1-2-4-7(6)11-5-9-8;10-6-2-4-11-7-5(6)1-3-8-9-7/h5*1-5H;1-4H. The van der Waals surface area contributed by atoms with Gasteiger partial charge in [-0.25, -0.2) is 9.97 Å². The number of hydrogen-bond acceptors (Lipinski definition) is 19. The second kappa shape index (κ2) is 21.7. The normalized spacial score (nSPS) is 10.2. The Balaban J connectivity index is 0.000000118. The van der Waals surface area contributed by atoms with Crippen molar-refractivity contribution in [2.75, 3.05) is 0 Å². The van der Waals surface area contributed by atoms with E-state index in [4.69, 9.17) is 26.5 Å². The van der Waals surface area contributed by atoms with Crippen molar-refractivity contribution in [1.29, 1.82) is 0 Å². The number of pyridine rings is 4. The van der Waals surface area contributed by atoms with Crippen LogP contribution in [0.2, 0.25) is 0 Å². The van der Waals surface area contributed by atoms with Gasteiger partial charge in [0.05, 0.1) is 70.6 Å². The summed E-state index contributed by atoms with van der Waals surface area (Å²) in [6, 6.07) is 25.6. The zero-order chi connectivity index (χ0) is 46.1. The van der Waals surface area contributed by atoms with E-state index in [1.54, 1.807) is 85.5 Å². The predicted molar refractivity (Wildman–Crippen MR) is 239 cm³/mol. The van der Waals surface area contributed by atoms with Gasteiger partial charge in [0.1, 0.15) is 11.2 Å². The molecule has 0 aliphatic heterocycles. The molecule has 0 amide bonds. The highest BCUT2D eigenvalue weighted by Gasteiger charge is 2.01. The summed E-state index contributed by atoms with van der Waals surface area (Å²) in [4.78, 5) is 85.2. The average Bonchev–Trinajstić information content (AvgIpc) is 3.36. The molecule has 11 heterocycles. The zero-order valence-corrected chi connectivity index (χ0v) is 33.8. The maximum absolute atomic E-state index is 11.1. The van der Waals surface area contributed by atoms with Crippen molar-refractivity contribution in [3.8, 4) is 0 Å². The summed E-state index contributed by atoms with van der Waals surface area (Å²) < 4.78 is 30.0. The van der Waals surface area contributed by atoms with Gasteiger partial charge in [-0.3, -0.25) is 38.7 Å². The van der Waals surface area contributed by atoms with Crippen molar-refractivity contribution in [1.82, 2.24) is 35.1 Å². The average molecular weight is 884 g/mol. The minimum atomic E-state index is -0.244. The molecule has 0 unspecified atom stereocenters. The first kappa shape index (κ1) is 44.2. The van der Waals surface area contributed by atoms with E-state index in [9.17, 15) is 28.8 Å². The number of hydrogen-bond donors (Lipinski definition) is 0. The van der Waals surface area contributed by atoms with Gasteiger partial charge in [0, 0.05) is 61.3 Å². The summed E-state index contributed by atoms with van der Waals surface area (Å²) in [5, 5.41) is 9.80. The minimum absolute atomic E-state index is 0.0337. The van der Waals surface area contributed by atoms with Gasteiger partial charge in [-0.1, -0.05) is 12.1 Å². The summed E-state index contributed by atoms with van der Waals surface area (Å²) in [7, 11) is 0. The molecule has 0 bridgehead atoms. The van der Waals surface area contributed by atoms with Crippen molar-refractivity contribution in [2.45, 2.75) is 0 Å². The molecule has 0 aliphatic rings. The molecule has 0 saturated heterocycles. The lowest BCUT2D eigenvalue weighted by atomic mass is 10.3. The highest BCUT2D eigenvalue weighted by Crippen LogP contribution is 2.08. The monoisotopic (exact) mass is 883 g/mol. The van der Waals surface area contributed by atoms with Crippen molar-refractivity contribution >= 4 is 66.2 Å². The van der Waals surface area contributed by atoms with Crippen molar-refractivity contribution in [2.24, 2.45) is 0 Å². The molecule has 66 heavy (non-hydrogen) atoms. The Morgan fingerprint density at radius 2 is 0.894 bits per heavy atom. The lowest BCUT2D eigenvalue weighted by Crippen LogP contribution is -2.03. The third-order valence-electron chi connectivity index (χ3n) is 8.60. The molecule has 0 radical (unpaired) electrons. The minimum Gasteiger partial charge on any atom is -0.464 e. The zero-order valence-electron chi connectivity index (χ0n) is 33.8. The summed E-state index contributed by atoms with van der Waals surface area (Å²) in [5.41, 5.74) is 2.67. The maximum Gasteiger partial charge on any atom is 0.283 e. The fraction of sp³-hybridized carbons (Fsp3) is 0. The topological polar surface area (TPSA) is 271 Å². The molecule has 19 heteroatoms. The molecule has 0 fully saturated rings. The largest absolute Gasteiger partial charge is 0.464 e. The molecule has 11 aromatic heterocycles. The second-order valence-corrected chi connectivity index (χ2v) is 12.8. The van der Waals surface area contributed by atoms with Gasteiger partial charge in [-0.05, 0) is 54.6 Å². The Morgan fingerprint density at radius 1 is 0.348 bits per heavy atom. The van der Waals surface area contributed by atoms with E-state index >= 15 is 0 Å². The van der Waals surface area contributed by atoms with Gasteiger partial charge >= 0.3 is 0 Å². The molecule has 12 rings (SSSR count). The van der Waals surface area contributed by atoms with Crippen LogP contribution >= 0.6 is 0 Å². The molecule has 324 valence electrons. The quantitative estimate of drug-likeness (QED) is 0.157. The third kappa shape index (κ3) is 11.3. The van der Waals surface area contributed by atoms with Gasteiger partial charge in [-0.15, -0.1) is 5.10 Å². The number of benzene rings is 1. The van der Waals surface area contributed by atoms with Crippen LogP contribution in [0.3, 0.4) is 0 Å².